The van der Waals surface area contributed by atoms with E-state index in [0.717, 1.165) is 23.7 Å². The van der Waals surface area contributed by atoms with Crippen molar-refractivity contribution in [2.24, 2.45) is 0 Å². The molecule has 1 amide bonds. The number of rotatable bonds is 3. The summed E-state index contributed by atoms with van der Waals surface area (Å²) in [5, 5.41) is 2.98. The van der Waals surface area contributed by atoms with E-state index in [4.69, 9.17) is 4.74 Å². The zero-order chi connectivity index (χ0) is 12.5. The van der Waals surface area contributed by atoms with Gasteiger partial charge in [-0.15, -0.1) is 0 Å². The van der Waals surface area contributed by atoms with E-state index >= 15 is 0 Å². The summed E-state index contributed by atoms with van der Waals surface area (Å²) in [7, 11) is 0. The van der Waals surface area contributed by atoms with Gasteiger partial charge in [-0.25, -0.2) is 0 Å². The minimum absolute atomic E-state index is 0.0755. The second-order valence-corrected chi connectivity index (χ2v) is 4.81. The van der Waals surface area contributed by atoms with Crippen molar-refractivity contribution in [2.75, 3.05) is 23.4 Å². The Labute approximate surface area is 107 Å². The molecule has 2 aliphatic rings. The van der Waals surface area contributed by atoms with Crippen molar-refractivity contribution in [3.8, 4) is 5.75 Å². The van der Waals surface area contributed by atoms with Crippen LogP contribution in [-0.4, -0.2) is 25.1 Å². The highest BCUT2D eigenvalue weighted by Crippen LogP contribution is 2.41. The van der Waals surface area contributed by atoms with Crippen LogP contribution < -0.4 is 15.0 Å². The summed E-state index contributed by atoms with van der Waals surface area (Å²) in [6, 6.07) is 6.59. The molecule has 0 aromatic heterocycles. The lowest BCUT2D eigenvalue weighted by Gasteiger charge is -2.24. The van der Waals surface area contributed by atoms with Gasteiger partial charge in [0.05, 0.1) is 12.3 Å². The third-order valence-corrected chi connectivity index (χ3v) is 3.45. The highest BCUT2D eigenvalue weighted by Gasteiger charge is 2.33. The fourth-order valence-electron chi connectivity index (χ4n) is 2.47. The Kier molecular flexibility index (Phi) is 2.86. The number of nitrogens with zero attached hydrogens (tertiary/aromatic N) is 1. The van der Waals surface area contributed by atoms with Gasteiger partial charge < -0.3 is 15.0 Å². The number of para-hydroxylation sites is 1. The van der Waals surface area contributed by atoms with Gasteiger partial charge in [0.25, 0.3) is 0 Å². The number of hydrogen-bond acceptors (Lipinski definition) is 3. The van der Waals surface area contributed by atoms with Crippen LogP contribution >= 0.6 is 0 Å². The van der Waals surface area contributed by atoms with Crippen LogP contribution in [-0.2, 0) is 4.79 Å². The van der Waals surface area contributed by atoms with E-state index in [-0.39, 0.29) is 5.91 Å². The highest BCUT2D eigenvalue weighted by molar-refractivity contribution is 5.98. The van der Waals surface area contributed by atoms with Gasteiger partial charge in [0.1, 0.15) is 11.4 Å². The van der Waals surface area contributed by atoms with Gasteiger partial charge in [-0.2, -0.15) is 0 Å². The zero-order valence-electron chi connectivity index (χ0n) is 10.6. The molecule has 1 aromatic rings. The Bertz CT molecular complexity index is 469. The average Bonchev–Trinajstić information content (AvgIpc) is 3.16. The number of hydrogen-bond donors (Lipinski definition) is 1. The molecule has 0 saturated heterocycles. The lowest BCUT2D eigenvalue weighted by atomic mass is 10.2. The van der Waals surface area contributed by atoms with E-state index in [2.05, 4.69) is 16.3 Å². The van der Waals surface area contributed by atoms with Gasteiger partial charge in [-0.3, -0.25) is 4.79 Å². The molecule has 3 rings (SSSR count). The van der Waals surface area contributed by atoms with Crippen LogP contribution in [0.5, 0.6) is 5.75 Å². The third-order valence-electron chi connectivity index (χ3n) is 3.45. The van der Waals surface area contributed by atoms with E-state index in [1.807, 2.05) is 19.1 Å². The zero-order valence-corrected chi connectivity index (χ0v) is 10.6. The van der Waals surface area contributed by atoms with Crippen LogP contribution in [0.3, 0.4) is 0 Å². The average molecular weight is 246 g/mol. The van der Waals surface area contributed by atoms with Crippen LogP contribution in [0.4, 0.5) is 11.4 Å². The molecule has 1 N–H and O–H groups in total. The van der Waals surface area contributed by atoms with Crippen molar-refractivity contribution in [2.45, 2.75) is 32.2 Å². The summed E-state index contributed by atoms with van der Waals surface area (Å²) >= 11 is 0. The molecule has 0 radical (unpaired) electrons. The highest BCUT2D eigenvalue weighted by atomic mass is 16.5. The molecule has 1 heterocycles. The normalized spacial score (nSPS) is 18.9. The molecule has 1 aromatic carbocycles. The molecular weight excluding hydrogens is 228 g/mol. The minimum atomic E-state index is 0.0755. The predicted octanol–water partition coefficient (Wildman–Crippen LogP) is 2.40. The molecule has 1 aliphatic heterocycles. The molecule has 18 heavy (non-hydrogen) atoms. The molecule has 4 heteroatoms. The van der Waals surface area contributed by atoms with E-state index in [9.17, 15) is 4.79 Å². The molecule has 4 nitrogen and oxygen atoms in total. The summed E-state index contributed by atoms with van der Waals surface area (Å²) < 4.78 is 5.62. The van der Waals surface area contributed by atoms with Gasteiger partial charge in [-0.1, -0.05) is 6.07 Å². The summed E-state index contributed by atoms with van der Waals surface area (Å²) in [5.74, 6) is 0.849. The maximum atomic E-state index is 11.8. The summed E-state index contributed by atoms with van der Waals surface area (Å²) in [5.41, 5.74) is 1.95. The molecule has 0 bridgehead atoms. The van der Waals surface area contributed by atoms with E-state index < -0.39 is 0 Å². The molecule has 96 valence electrons. The lowest BCUT2D eigenvalue weighted by molar-refractivity contribution is -0.116. The number of anilines is 2. The molecule has 1 saturated carbocycles. The third kappa shape index (κ3) is 2.03. The van der Waals surface area contributed by atoms with Crippen LogP contribution in [0.2, 0.25) is 0 Å². The Morgan fingerprint density at radius 2 is 2.28 bits per heavy atom. The Morgan fingerprint density at radius 3 is 3.00 bits per heavy atom. The Balaban J connectivity index is 2.03. The van der Waals surface area contributed by atoms with E-state index in [1.54, 1.807) is 0 Å². The summed E-state index contributed by atoms with van der Waals surface area (Å²) in [6.45, 7) is 3.37. The van der Waals surface area contributed by atoms with Crippen LogP contribution in [0, 0.1) is 0 Å². The predicted molar refractivity (Wildman–Crippen MR) is 71.2 cm³/mol. The quantitative estimate of drug-likeness (QED) is 0.890. The van der Waals surface area contributed by atoms with E-state index in [1.165, 1.54) is 12.8 Å². The number of carbonyl (C=O) groups excluding carboxylic acids is 1. The van der Waals surface area contributed by atoms with Crippen LogP contribution in [0.1, 0.15) is 26.2 Å². The van der Waals surface area contributed by atoms with Crippen LogP contribution in [0.15, 0.2) is 18.2 Å². The van der Waals surface area contributed by atoms with Crippen LogP contribution in [0.25, 0.3) is 0 Å². The van der Waals surface area contributed by atoms with Gasteiger partial charge in [-0.05, 0) is 31.9 Å². The molecule has 0 unspecified atom stereocenters. The molecule has 0 spiro atoms. The largest absolute Gasteiger partial charge is 0.492 e. The van der Waals surface area contributed by atoms with E-state index in [0.29, 0.717) is 19.1 Å². The first-order valence-electron chi connectivity index (χ1n) is 6.62. The minimum Gasteiger partial charge on any atom is -0.492 e. The first-order valence-corrected chi connectivity index (χ1v) is 6.62. The number of amides is 1. The molecule has 1 fully saturated rings. The smallest absolute Gasteiger partial charge is 0.226 e. The van der Waals surface area contributed by atoms with Crippen molar-refractivity contribution in [3.05, 3.63) is 18.2 Å². The molecular formula is C14H18N2O2. The monoisotopic (exact) mass is 246 g/mol. The Hall–Kier alpha value is -1.71. The number of fused-ring (bicyclic) bond motifs is 1. The lowest BCUT2D eigenvalue weighted by Crippen LogP contribution is -2.26. The van der Waals surface area contributed by atoms with Gasteiger partial charge in [0, 0.05) is 19.0 Å². The SMILES string of the molecule is CCOc1cccc2c1NC(=O)CCN2C1CC1. The number of benzene rings is 1. The molecule has 1 aliphatic carbocycles. The second kappa shape index (κ2) is 4.52. The number of ether oxygens (including phenoxy) is 1. The first-order chi connectivity index (χ1) is 8.79. The number of carbonyl (C=O) groups is 1. The topological polar surface area (TPSA) is 41.6 Å². The molecule has 0 atom stereocenters. The Morgan fingerprint density at radius 1 is 1.44 bits per heavy atom. The van der Waals surface area contributed by atoms with Crippen molar-refractivity contribution >= 4 is 17.3 Å². The van der Waals surface area contributed by atoms with Crippen molar-refractivity contribution in [1.82, 2.24) is 0 Å². The maximum absolute atomic E-state index is 11.8. The fraction of sp³-hybridized carbons (Fsp3) is 0.500. The van der Waals surface area contributed by atoms with Crippen molar-refractivity contribution in [3.63, 3.8) is 0 Å². The van der Waals surface area contributed by atoms with Crippen molar-refractivity contribution < 1.29 is 9.53 Å². The maximum Gasteiger partial charge on any atom is 0.226 e. The number of nitrogens with one attached hydrogen (secondary N) is 1. The van der Waals surface area contributed by atoms with Gasteiger partial charge >= 0.3 is 0 Å². The van der Waals surface area contributed by atoms with Crippen molar-refractivity contribution in [1.29, 1.82) is 0 Å². The summed E-state index contributed by atoms with van der Waals surface area (Å²) in [4.78, 5) is 14.1. The summed E-state index contributed by atoms with van der Waals surface area (Å²) in [6.07, 6.45) is 3.01. The van der Waals surface area contributed by atoms with Gasteiger partial charge in [0.2, 0.25) is 5.91 Å². The first kappa shape index (κ1) is 11.4. The van der Waals surface area contributed by atoms with Gasteiger partial charge in [0.15, 0.2) is 0 Å². The fourth-order valence-corrected chi connectivity index (χ4v) is 2.47. The second-order valence-electron chi connectivity index (χ2n) is 4.81. The standard InChI is InChI=1S/C14H18N2O2/c1-2-18-12-5-3-4-11-14(12)15-13(17)8-9-16(11)10-6-7-10/h3-5,10H,2,6-9H2,1H3,(H,15,17).